The number of hydrogen-bond donors (Lipinski definition) is 4. The van der Waals surface area contributed by atoms with Gasteiger partial charge in [0.15, 0.2) is 22.6 Å². The first-order valence-electron chi connectivity index (χ1n) is 7.60. The van der Waals surface area contributed by atoms with Gasteiger partial charge in [-0.25, -0.2) is 19.3 Å². The summed E-state index contributed by atoms with van der Waals surface area (Å²) in [7, 11) is 1.65. The molecule has 2 heterocycles. The molecule has 3 rings (SSSR count). The van der Waals surface area contributed by atoms with Gasteiger partial charge in [0.05, 0.1) is 18.8 Å². The number of aryl methyl sites for hydroxylation is 1. The molecule has 0 bridgehead atoms. The molecule has 0 fully saturated rings. The van der Waals surface area contributed by atoms with Gasteiger partial charge in [-0.05, 0) is 18.1 Å². The first-order chi connectivity index (χ1) is 12.4. The Morgan fingerprint density at radius 3 is 2.54 bits per heavy atom. The highest BCUT2D eigenvalue weighted by Gasteiger charge is 2.22. The lowest BCUT2D eigenvalue weighted by atomic mass is 10.1. The van der Waals surface area contributed by atoms with Crippen molar-refractivity contribution in [3.8, 4) is 23.2 Å². The molecule has 26 heavy (non-hydrogen) atoms. The third kappa shape index (κ3) is 3.09. The summed E-state index contributed by atoms with van der Waals surface area (Å²) in [6, 6.07) is 6.18. The molecule has 0 amide bonds. The van der Waals surface area contributed by atoms with E-state index in [1.807, 2.05) is 0 Å². The van der Waals surface area contributed by atoms with Gasteiger partial charge in [0.2, 0.25) is 5.82 Å². The molecule has 0 saturated heterocycles. The molecule has 0 aliphatic heterocycles. The molecule has 134 valence electrons. The standard InChI is InChI=1S/C17H16FN5O3/c1-23-15(10-4-2-3-5-11(10)18)22-13-14(19)20-12(21-16(13)23)6-7-17(26,8-24)9-25/h2-5,24-26H,8-9H2,1H3,(H2,19,20,21). The van der Waals surface area contributed by atoms with E-state index in [0.717, 1.165) is 0 Å². The van der Waals surface area contributed by atoms with Gasteiger partial charge in [0.25, 0.3) is 0 Å². The second-order valence-corrected chi connectivity index (χ2v) is 5.68. The lowest BCUT2D eigenvalue weighted by molar-refractivity contribution is -0.00939. The molecule has 8 nitrogen and oxygen atoms in total. The topological polar surface area (TPSA) is 130 Å². The average Bonchev–Trinajstić information content (AvgIpc) is 2.97. The summed E-state index contributed by atoms with van der Waals surface area (Å²) in [5.74, 6) is 4.67. The number of aliphatic hydroxyl groups excluding tert-OH is 2. The number of nitrogen functional groups attached to an aromatic ring is 1. The van der Waals surface area contributed by atoms with Crippen molar-refractivity contribution in [2.45, 2.75) is 5.60 Å². The minimum Gasteiger partial charge on any atom is -0.392 e. The quantitative estimate of drug-likeness (QED) is 0.478. The summed E-state index contributed by atoms with van der Waals surface area (Å²) in [6.07, 6.45) is 0. The van der Waals surface area contributed by atoms with E-state index >= 15 is 0 Å². The van der Waals surface area contributed by atoms with Crippen molar-refractivity contribution in [1.29, 1.82) is 0 Å². The summed E-state index contributed by atoms with van der Waals surface area (Å²) in [5, 5.41) is 27.9. The number of rotatable bonds is 3. The predicted octanol–water partition coefficient (Wildman–Crippen LogP) is -0.181. The van der Waals surface area contributed by atoms with Gasteiger partial charge in [-0.1, -0.05) is 18.1 Å². The van der Waals surface area contributed by atoms with E-state index in [9.17, 15) is 9.50 Å². The van der Waals surface area contributed by atoms with Gasteiger partial charge >= 0.3 is 0 Å². The fraction of sp³-hybridized carbons (Fsp3) is 0.235. The molecule has 1 aromatic carbocycles. The van der Waals surface area contributed by atoms with Crippen molar-refractivity contribution in [2.24, 2.45) is 7.05 Å². The van der Waals surface area contributed by atoms with Crippen LogP contribution in [0.25, 0.3) is 22.6 Å². The van der Waals surface area contributed by atoms with Gasteiger partial charge in [-0.15, -0.1) is 0 Å². The molecule has 5 N–H and O–H groups in total. The second kappa shape index (κ2) is 6.68. The lowest BCUT2D eigenvalue weighted by Crippen LogP contribution is -2.35. The first-order valence-corrected chi connectivity index (χ1v) is 7.60. The van der Waals surface area contributed by atoms with Crippen LogP contribution < -0.4 is 5.73 Å². The van der Waals surface area contributed by atoms with Gasteiger partial charge in [-0.3, -0.25) is 0 Å². The number of nitrogens with zero attached hydrogens (tertiary/aromatic N) is 4. The smallest absolute Gasteiger partial charge is 0.209 e. The van der Waals surface area contributed by atoms with Crippen molar-refractivity contribution in [1.82, 2.24) is 19.5 Å². The normalized spacial score (nSPS) is 11.4. The van der Waals surface area contributed by atoms with Crippen molar-refractivity contribution in [3.05, 3.63) is 35.9 Å². The average molecular weight is 357 g/mol. The number of aliphatic hydroxyl groups is 3. The van der Waals surface area contributed by atoms with Crippen LogP contribution in [0, 0.1) is 17.7 Å². The minimum atomic E-state index is -1.97. The van der Waals surface area contributed by atoms with Crippen LogP contribution in [0.5, 0.6) is 0 Å². The Hall–Kier alpha value is -3.06. The van der Waals surface area contributed by atoms with Gasteiger partial charge in [-0.2, -0.15) is 0 Å². The maximum atomic E-state index is 14.1. The molecule has 0 atom stereocenters. The summed E-state index contributed by atoms with van der Waals surface area (Å²) in [4.78, 5) is 12.5. The predicted molar refractivity (Wildman–Crippen MR) is 92.1 cm³/mol. The molecule has 0 saturated carbocycles. The van der Waals surface area contributed by atoms with Crippen LogP contribution in [0.2, 0.25) is 0 Å². The van der Waals surface area contributed by atoms with E-state index in [4.69, 9.17) is 15.9 Å². The SMILES string of the molecule is Cn1c(-c2ccccc2F)nc2c(N)nc(C#CC(O)(CO)CO)nc21. The number of halogens is 1. The summed E-state index contributed by atoms with van der Waals surface area (Å²) in [6.45, 7) is -1.51. The lowest BCUT2D eigenvalue weighted by Gasteiger charge is -2.14. The third-order valence-electron chi connectivity index (χ3n) is 3.79. The highest BCUT2D eigenvalue weighted by atomic mass is 19.1. The molecule has 9 heteroatoms. The number of fused-ring (bicyclic) bond motifs is 1. The van der Waals surface area contributed by atoms with Crippen molar-refractivity contribution < 1.29 is 19.7 Å². The molecular formula is C17H16FN5O3. The van der Waals surface area contributed by atoms with Gasteiger partial charge < -0.3 is 25.6 Å². The molecule has 0 radical (unpaired) electrons. The highest BCUT2D eigenvalue weighted by Crippen LogP contribution is 2.26. The van der Waals surface area contributed by atoms with E-state index in [-0.39, 0.29) is 22.7 Å². The van der Waals surface area contributed by atoms with E-state index in [2.05, 4.69) is 26.8 Å². The summed E-state index contributed by atoms with van der Waals surface area (Å²) >= 11 is 0. The van der Waals surface area contributed by atoms with Crippen LogP contribution in [0.15, 0.2) is 24.3 Å². The van der Waals surface area contributed by atoms with Crippen LogP contribution in [-0.4, -0.2) is 53.7 Å². The van der Waals surface area contributed by atoms with Crippen molar-refractivity contribution in [2.75, 3.05) is 18.9 Å². The molecule has 2 aromatic heterocycles. The highest BCUT2D eigenvalue weighted by molar-refractivity contribution is 5.85. The van der Waals surface area contributed by atoms with E-state index in [1.165, 1.54) is 6.07 Å². The Morgan fingerprint density at radius 2 is 1.88 bits per heavy atom. The second-order valence-electron chi connectivity index (χ2n) is 5.68. The van der Waals surface area contributed by atoms with Gasteiger partial charge in [0.1, 0.15) is 11.6 Å². The van der Waals surface area contributed by atoms with Crippen LogP contribution in [0.4, 0.5) is 10.2 Å². The fourth-order valence-electron chi connectivity index (χ4n) is 2.32. The molecule has 3 aromatic rings. The molecular weight excluding hydrogens is 341 g/mol. The molecule has 0 unspecified atom stereocenters. The monoisotopic (exact) mass is 357 g/mol. The minimum absolute atomic E-state index is 0.0293. The number of nitrogens with two attached hydrogens (primary N) is 1. The Bertz CT molecular complexity index is 1030. The Morgan fingerprint density at radius 1 is 1.19 bits per heavy atom. The van der Waals surface area contributed by atoms with Crippen LogP contribution in [0.1, 0.15) is 5.82 Å². The summed E-state index contributed by atoms with van der Waals surface area (Å²) in [5.41, 5.74) is 4.84. The zero-order valence-electron chi connectivity index (χ0n) is 13.8. The third-order valence-corrected chi connectivity index (χ3v) is 3.79. The number of benzene rings is 1. The van der Waals surface area contributed by atoms with Gasteiger partial charge in [0, 0.05) is 7.05 Å². The van der Waals surface area contributed by atoms with E-state index in [1.54, 1.807) is 29.8 Å². The maximum Gasteiger partial charge on any atom is 0.209 e. The number of imidazole rings is 1. The van der Waals surface area contributed by atoms with E-state index < -0.39 is 24.6 Å². The van der Waals surface area contributed by atoms with Crippen molar-refractivity contribution >= 4 is 17.0 Å². The zero-order valence-corrected chi connectivity index (χ0v) is 13.8. The Labute approximate surface area is 147 Å². The zero-order chi connectivity index (χ0) is 18.9. The van der Waals surface area contributed by atoms with Crippen LogP contribution in [-0.2, 0) is 7.05 Å². The number of anilines is 1. The van der Waals surface area contributed by atoms with Crippen LogP contribution >= 0.6 is 0 Å². The Kier molecular flexibility index (Phi) is 4.56. The van der Waals surface area contributed by atoms with Crippen LogP contribution in [0.3, 0.4) is 0 Å². The fourth-order valence-corrected chi connectivity index (χ4v) is 2.32. The largest absolute Gasteiger partial charge is 0.392 e. The maximum absolute atomic E-state index is 14.1. The number of hydrogen-bond acceptors (Lipinski definition) is 7. The molecule has 0 aliphatic rings. The van der Waals surface area contributed by atoms with Crippen molar-refractivity contribution in [3.63, 3.8) is 0 Å². The Balaban J connectivity index is 2.14. The first kappa shape index (κ1) is 17.8. The summed E-state index contributed by atoms with van der Waals surface area (Å²) < 4.78 is 15.6. The van der Waals surface area contributed by atoms with E-state index in [0.29, 0.717) is 11.5 Å². The molecule has 0 aliphatic carbocycles. The molecule has 0 spiro atoms. The number of aromatic nitrogens is 4.